The minimum absolute atomic E-state index is 0.261. The highest BCUT2D eigenvalue weighted by Gasteiger charge is 2.23. The zero-order valence-corrected chi connectivity index (χ0v) is 12.9. The quantitative estimate of drug-likeness (QED) is 0.669. The molecule has 1 aromatic heterocycles. The van der Waals surface area contributed by atoms with Gasteiger partial charge in [0.1, 0.15) is 0 Å². The van der Waals surface area contributed by atoms with Crippen LogP contribution >= 0.6 is 34.7 Å². The van der Waals surface area contributed by atoms with Crippen molar-refractivity contribution in [2.24, 2.45) is 5.84 Å². The normalized spacial score (nSPS) is 12.9. The Morgan fingerprint density at radius 3 is 2.68 bits per heavy atom. The van der Waals surface area contributed by atoms with Crippen LogP contribution in [-0.4, -0.2) is 9.59 Å². The monoisotopic (exact) mass is 316 g/mol. The molecule has 2 aromatic rings. The predicted molar refractivity (Wildman–Crippen MR) is 79.6 cm³/mol. The Labute approximate surface area is 126 Å². The Balaban J connectivity index is 2.50. The first-order chi connectivity index (χ1) is 9.04. The van der Waals surface area contributed by atoms with E-state index < -0.39 is 0 Å². The summed E-state index contributed by atoms with van der Waals surface area (Å²) >= 11 is 13.6. The highest BCUT2D eigenvalue weighted by Crippen LogP contribution is 2.34. The summed E-state index contributed by atoms with van der Waals surface area (Å²) in [5, 5.41) is 5.38. The van der Waals surface area contributed by atoms with E-state index in [1.807, 2.05) is 0 Å². The minimum Gasteiger partial charge on any atom is -0.271 e. The van der Waals surface area contributed by atoms with Gasteiger partial charge in [-0.1, -0.05) is 41.5 Å². The van der Waals surface area contributed by atoms with E-state index in [9.17, 15) is 0 Å². The van der Waals surface area contributed by atoms with Gasteiger partial charge in [0.05, 0.1) is 16.6 Å². The fourth-order valence-electron chi connectivity index (χ4n) is 1.85. The van der Waals surface area contributed by atoms with Gasteiger partial charge in [0, 0.05) is 10.0 Å². The van der Waals surface area contributed by atoms with Crippen LogP contribution in [0.5, 0.6) is 0 Å². The van der Waals surface area contributed by atoms with Gasteiger partial charge in [0.25, 0.3) is 0 Å². The van der Waals surface area contributed by atoms with Gasteiger partial charge in [-0.15, -0.1) is 5.10 Å². The fourth-order valence-corrected chi connectivity index (χ4v) is 3.14. The van der Waals surface area contributed by atoms with Crippen LogP contribution in [0.15, 0.2) is 18.2 Å². The van der Waals surface area contributed by atoms with E-state index >= 15 is 0 Å². The minimum atomic E-state index is -0.261. The maximum absolute atomic E-state index is 6.23. The van der Waals surface area contributed by atoms with Gasteiger partial charge in [-0.2, -0.15) is 0 Å². The number of nitrogens with one attached hydrogen (secondary N) is 1. The van der Waals surface area contributed by atoms with E-state index in [0.717, 1.165) is 16.1 Å². The smallest absolute Gasteiger partial charge is 0.0852 e. The van der Waals surface area contributed by atoms with Crippen molar-refractivity contribution in [1.29, 1.82) is 0 Å². The van der Waals surface area contributed by atoms with E-state index in [1.165, 1.54) is 11.5 Å². The van der Waals surface area contributed by atoms with Gasteiger partial charge >= 0.3 is 0 Å². The van der Waals surface area contributed by atoms with Crippen LogP contribution in [0, 0.1) is 0 Å². The summed E-state index contributed by atoms with van der Waals surface area (Å²) < 4.78 is 4.01. The van der Waals surface area contributed by atoms with Crippen LogP contribution in [0.2, 0.25) is 10.0 Å². The molecule has 0 aliphatic rings. The van der Waals surface area contributed by atoms with Gasteiger partial charge in [-0.05, 0) is 41.2 Å². The molecule has 0 spiro atoms. The largest absolute Gasteiger partial charge is 0.271 e. The first-order valence-corrected chi connectivity index (χ1v) is 7.30. The molecular weight excluding hydrogens is 303 g/mol. The molecule has 102 valence electrons. The van der Waals surface area contributed by atoms with Crippen LogP contribution in [0.3, 0.4) is 0 Å². The van der Waals surface area contributed by atoms with Crippen molar-refractivity contribution in [1.82, 2.24) is 15.0 Å². The van der Waals surface area contributed by atoms with Crippen LogP contribution in [0.4, 0.5) is 0 Å². The maximum Gasteiger partial charge on any atom is 0.0852 e. The summed E-state index contributed by atoms with van der Waals surface area (Å²) in [6.45, 7) is 4.13. The van der Waals surface area contributed by atoms with Crippen molar-refractivity contribution in [2.75, 3.05) is 0 Å². The Morgan fingerprint density at radius 2 is 2.05 bits per heavy atom. The molecule has 0 aliphatic heterocycles. The molecule has 0 aliphatic carbocycles. The first kappa shape index (κ1) is 14.7. The summed E-state index contributed by atoms with van der Waals surface area (Å²) in [5.41, 5.74) is 4.52. The molecule has 0 bridgehead atoms. The number of hydrazine groups is 1. The zero-order valence-electron chi connectivity index (χ0n) is 10.5. The number of benzene rings is 1. The number of hydrogen-bond donors (Lipinski definition) is 2. The predicted octanol–water partition coefficient (Wildman–Crippen LogP) is 3.52. The molecule has 0 fully saturated rings. The lowest BCUT2D eigenvalue weighted by Crippen LogP contribution is -2.29. The van der Waals surface area contributed by atoms with Crippen molar-refractivity contribution < 1.29 is 0 Å². The third-order valence-corrected chi connectivity index (χ3v) is 4.17. The van der Waals surface area contributed by atoms with E-state index in [2.05, 4.69) is 28.9 Å². The second-order valence-corrected chi connectivity index (χ2v) is 6.07. The molecule has 2 rings (SSSR count). The lowest BCUT2D eigenvalue weighted by molar-refractivity contribution is 0.631. The Bertz CT molecular complexity index is 571. The summed E-state index contributed by atoms with van der Waals surface area (Å²) in [6, 6.07) is 5.05. The average molecular weight is 317 g/mol. The number of nitrogens with two attached hydrogens (primary N) is 1. The highest BCUT2D eigenvalue weighted by molar-refractivity contribution is 7.05. The van der Waals surface area contributed by atoms with Crippen molar-refractivity contribution in [2.45, 2.75) is 25.8 Å². The lowest BCUT2D eigenvalue weighted by atomic mass is 10.0. The van der Waals surface area contributed by atoms with Crippen molar-refractivity contribution in [3.63, 3.8) is 0 Å². The van der Waals surface area contributed by atoms with Gasteiger partial charge in [0.15, 0.2) is 0 Å². The molecule has 1 heterocycles. The van der Waals surface area contributed by atoms with Crippen molar-refractivity contribution in [3.8, 4) is 0 Å². The summed E-state index contributed by atoms with van der Waals surface area (Å²) in [6.07, 6.45) is 0. The Morgan fingerprint density at radius 1 is 1.32 bits per heavy atom. The summed E-state index contributed by atoms with van der Waals surface area (Å²) in [7, 11) is 0. The number of halogens is 2. The molecule has 0 saturated carbocycles. The van der Waals surface area contributed by atoms with E-state index in [0.29, 0.717) is 10.0 Å². The lowest BCUT2D eigenvalue weighted by Gasteiger charge is -2.18. The standard InChI is InChI=1S/C12H14Cl2N4S/c1-6(2)10-12(19-18-17-10)11(16-15)8-5-7(13)3-4-9(8)14/h3-6,11,16H,15H2,1-2H3. The fraction of sp³-hybridized carbons (Fsp3) is 0.333. The van der Waals surface area contributed by atoms with Gasteiger partial charge in [-0.25, -0.2) is 5.43 Å². The molecule has 7 heteroatoms. The topological polar surface area (TPSA) is 63.8 Å². The molecule has 3 N–H and O–H groups in total. The number of nitrogens with zero attached hydrogens (tertiary/aromatic N) is 2. The molecule has 4 nitrogen and oxygen atoms in total. The average Bonchev–Trinajstić information content (AvgIpc) is 2.84. The van der Waals surface area contributed by atoms with E-state index in [1.54, 1.807) is 18.2 Å². The van der Waals surface area contributed by atoms with Gasteiger partial charge in [-0.3, -0.25) is 5.84 Å². The van der Waals surface area contributed by atoms with Crippen LogP contribution in [-0.2, 0) is 0 Å². The van der Waals surface area contributed by atoms with Gasteiger partial charge < -0.3 is 0 Å². The molecular formula is C12H14Cl2N4S. The first-order valence-electron chi connectivity index (χ1n) is 5.77. The third kappa shape index (κ3) is 3.07. The highest BCUT2D eigenvalue weighted by atomic mass is 35.5. The van der Waals surface area contributed by atoms with Crippen LogP contribution in [0.25, 0.3) is 0 Å². The Hall–Kier alpha value is -0.720. The number of rotatable bonds is 4. The number of hydrogen-bond acceptors (Lipinski definition) is 5. The van der Waals surface area contributed by atoms with Crippen molar-refractivity contribution in [3.05, 3.63) is 44.4 Å². The molecule has 0 amide bonds. The molecule has 0 radical (unpaired) electrons. The Kier molecular flexibility index (Phi) is 4.76. The zero-order chi connectivity index (χ0) is 14.0. The molecule has 0 saturated heterocycles. The van der Waals surface area contributed by atoms with E-state index in [-0.39, 0.29) is 12.0 Å². The number of aromatic nitrogens is 2. The molecule has 1 aromatic carbocycles. The molecule has 1 unspecified atom stereocenters. The van der Waals surface area contributed by atoms with Crippen LogP contribution < -0.4 is 11.3 Å². The van der Waals surface area contributed by atoms with Crippen molar-refractivity contribution >= 4 is 34.7 Å². The summed E-state index contributed by atoms with van der Waals surface area (Å²) in [5.74, 6) is 5.95. The van der Waals surface area contributed by atoms with E-state index in [4.69, 9.17) is 29.0 Å². The molecule has 19 heavy (non-hydrogen) atoms. The molecule has 1 atom stereocenters. The summed E-state index contributed by atoms with van der Waals surface area (Å²) in [4.78, 5) is 0.960. The second kappa shape index (κ2) is 6.15. The maximum atomic E-state index is 6.23. The van der Waals surface area contributed by atoms with Crippen LogP contribution in [0.1, 0.15) is 41.9 Å². The SMILES string of the molecule is CC(C)c1nnsc1C(NN)c1cc(Cl)ccc1Cl. The van der Waals surface area contributed by atoms with Gasteiger partial charge in [0.2, 0.25) is 0 Å². The second-order valence-electron chi connectivity index (χ2n) is 4.44. The third-order valence-electron chi connectivity index (χ3n) is 2.78.